The number of likely N-dealkylation sites (N-methyl/N-ethyl adjacent to an activating group) is 1. The lowest BCUT2D eigenvalue weighted by Crippen LogP contribution is -2.54. The number of aromatic carboxylic acids is 1. The lowest BCUT2D eigenvalue weighted by molar-refractivity contribution is -0.160. The molecule has 0 saturated heterocycles. The van der Waals surface area contributed by atoms with Gasteiger partial charge in [0.1, 0.15) is 5.54 Å². The lowest BCUT2D eigenvalue weighted by atomic mass is 9.80. The molecule has 1 saturated carbocycles. The molecule has 2 rings (SSSR count). The molecule has 5 heteroatoms. The van der Waals surface area contributed by atoms with Crippen molar-refractivity contribution in [3.63, 3.8) is 0 Å². The number of benzene rings is 1. The van der Waals surface area contributed by atoms with Crippen LogP contribution in [-0.2, 0) is 16.1 Å². The normalized spacial score (nSPS) is 17.0. The fourth-order valence-electron chi connectivity index (χ4n) is 3.37. The van der Waals surface area contributed by atoms with Crippen molar-refractivity contribution < 1.29 is 19.4 Å². The Balaban J connectivity index is 2.20. The topological polar surface area (TPSA) is 66.8 Å². The van der Waals surface area contributed by atoms with Crippen LogP contribution in [-0.4, -0.2) is 41.1 Å². The van der Waals surface area contributed by atoms with Crippen molar-refractivity contribution in [3.05, 3.63) is 35.4 Å². The fraction of sp³-hybridized carbons (Fsp3) is 0.556. The molecule has 0 radical (unpaired) electrons. The van der Waals surface area contributed by atoms with Crippen LogP contribution in [0.1, 0.15) is 54.9 Å². The predicted molar refractivity (Wildman–Crippen MR) is 87.3 cm³/mol. The second-order valence-electron chi connectivity index (χ2n) is 6.17. The van der Waals surface area contributed by atoms with Gasteiger partial charge in [-0.25, -0.2) is 4.79 Å². The highest BCUT2D eigenvalue weighted by Gasteiger charge is 2.44. The predicted octanol–water partition coefficient (Wildman–Crippen LogP) is 3.08. The molecule has 0 amide bonds. The second kappa shape index (κ2) is 7.59. The zero-order chi connectivity index (χ0) is 16.9. The molecule has 0 unspecified atom stereocenters. The molecule has 23 heavy (non-hydrogen) atoms. The third-order valence-electron chi connectivity index (χ3n) is 4.66. The summed E-state index contributed by atoms with van der Waals surface area (Å²) in [4.78, 5) is 25.7. The standard InChI is InChI=1S/C18H25NO4/c1-3-23-17(22)18(10-5-4-6-11-18)19(2)13-14-8-7-9-15(12-14)16(20)21/h7-9,12H,3-6,10-11,13H2,1-2H3,(H,20,21). The van der Waals surface area contributed by atoms with E-state index in [0.29, 0.717) is 13.2 Å². The Morgan fingerprint density at radius 3 is 2.57 bits per heavy atom. The average molecular weight is 319 g/mol. The van der Waals surface area contributed by atoms with Crippen LogP contribution in [0.15, 0.2) is 24.3 Å². The summed E-state index contributed by atoms with van der Waals surface area (Å²) in [6.07, 6.45) is 4.75. The van der Waals surface area contributed by atoms with Crippen molar-refractivity contribution in [2.75, 3.05) is 13.7 Å². The van der Waals surface area contributed by atoms with Crippen molar-refractivity contribution in [1.82, 2.24) is 4.90 Å². The van der Waals surface area contributed by atoms with E-state index in [2.05, 4.69) is 0 Å². The van der Waals surface area contributed by atoms with E-state index in [-0.39, 0.29) is 11.5 Å². The maximum atomic E-state index is 12.6. The van der Waals surface area contributed by atoms with E-state index in [1.165, 1.54) is 0 Å². The summed E-state index contributed by atoms with van der Waals surface area (Å²) >= 11 is 0. The van der Waals surface area contributed by atoms with Gasteiger partial charge in [-0.1, -0.05) is 31.4 Å². The summed E-state index contributed by atoms with van der Waals surface area (Å²) in [6.45, 7) is 2.73. The van der Waals surface area contributed by atoms with Crippen LogP contribution in [0.2, 0.25) is 0 Å². The summed E-state index contributed by atoms with van der Waals surface area (Å²) in [5.41, 5.74) is 0.569. The molecule has 5 nitrogen and oxygen atoms in total. The number of hydrogen-bond donors (Lipinski definition) is 1. The van der Waals surface area contributed by atoms with Crippen LogP contribution >= 0.6 is 0 Å². The first-order valence-electron chi connectivity index (χ1n) is 8.20. The molecular formula is C18H25NO4. The maximum Gasteiger partial charge on any atom is 0.335 e. The molecule has 0 bridgehead atoms. The monoisotopic (exact) mass is 319 g/mol. The molecule has 1 aliphatic carbocycles. The fourth-order valence-corrected chi connectivity index (χ4v) is 3.37. The number of esters is 1. The highest BCUT2D eigenvalue weighted by Crippen LogP contribution is 2.35. The first kappa shape index (κ1) is 17.5. The minimum atomic E-state index is -0.938. The van der Waals surface area contributed by atoms with Crippen LogP contribution < -0.4 is 0 Å². The van der Waals surface area contributed by atoms with Crippen molar-refractivity contribution >= 4 is 11.9 Å². The van der Waals surface area contributed by atoms with Gasteiger partial charge in [0.25, 0.3) is 0 Å². The summed E-state index contributed by atoms with van der Waals surface area (Å²) in [7, 11) is 1.93. The number of rotatable bonds is 6. The Labute approximate surface area is 137 Å². The molecule has 1 aromatic rings. The van der Waals surface area contributed by atoms with E-state index in [9.17, 15) is 9.59 Å². The first-order chi connectivity index (χ1) is 11.0. The number of hydrogen-bond acceptors (Lipinski definition) is 4. The summed E-state index contributed by atoms with van der Waals surface area (Å²) in [5.74, 6) is -1.09. The van der Waals surface area contributed by atoms with Crippen molar-refractivity contribution in [1.29, 1.82) is 0 Å². The highest BCUT2D eigenvalue weighted by molar-refractivity contribution is 5.87. The minimum absolute atomic E-state index is 0.156. The molecule has 0 spiro atoms. The van der Waals surface area contributed by atoms with Crippen LogP contribution in [0, 0.1) is 0 Å². The Hall–Kier alpha value is -1.88. The Kier molecular flexibility index (Phi) is 5.77. The molecule has 1 N–H and O–H groups in total. The van der Waals surface area contributed by atoms with Crippen LogP contribution in [0.5, 0.6) is 0 Å². The SMILES string of the molecule is CCOC(=O)C1(N(C)Cc2cccc(C(=O)O)c2)CCCCC1. The van der Waals surface area contributed by atoms with Crippen LogP contribution in [0.4, 0.5) is 0 Å². The van der Waals surface area contributed by atoms with Crippen LogP contribution in [0.3, 0.4) is 0 Å². The first-order valence-corrected chi connectivity index (χ1v) is 8.20. The number of ether oxygens (including phenoxy) is 1. The van der Waals surface area contributed by atoms with E-state index in [0.717, 1.165) is 37.7 Å². The number of carbonyl (C=O) groups is 2. The summed E-state index contributed by atoms with van der Waals surface area (Å²) in [6, 6.07) is 6.88. The van der Waals surface area contributed by atoms with Crippen molar-refractivity contribution in [3.8, 4) is 0 Å². The Morgan fingerprint density at radius 1 is 1.26 bits per heavy atom. The largest absolute Gasteiger partial charge is 0.478 e. The van der Waals surface area contributed by atoms with Gasteiger partial charge in [-0.05, 0) is 44.5 Å². The van der Waals surface area contributed by atoms with Crippen LogP contribution in [0.25, 0.3) is 0 Å². The molecule has 0 heterocycles. The molecule has 0 aliphatic heterocycles. The van der Waals surface area contributed by atoms with Gasteiger partial charge in [0, 0.05) is 6.54 Å². The van der Waals surface area contributed by atoms with Crippen molar-refractivity contribution in [2.45, 2.75) is 51.1 Å². The quantitative estimate of drug-likeness (QED) is 0.816. The molecule has 0 atom stereocenters. The number of carboxylic acids is 1. The van der Waals surface area contributed by atoms with Crippen molar-refractivity contribution in [2.24, 2.45) is 0 Å². The molecule has 1 aromatic carbocycles. The van der Waals surface area contributed by atoms with Gasteiger partial charge in [-0.15, -0.1) is 0 Å². The van der Waals surface area contributed by atoms with Gasteiger partial charge >= 0.3 is 11.9 Å². The molecular weight excluding hydrogens is 294 g/mol. The van der Waals surface area contributed by atoms with Gasteiger partial charge in [0.05, 0.1) is 12.2 Å². The third-order valence-corrected chi connectivity index (χ3v) is 4.66. The number of nitrogens with zero attached hydrogens (tertiary/aromatic N) is 1. The average Bonchev–Trinajstić information content (AvgIpc) is 2.55. The zero-order valence-corrected chi connectivity index (χ0v) is 13.9. The van der Waals surface area contributed by atoms with Gasteiger partial charge < -0.3 is 9.84 Å². The second-order valence-corrected chi connectivity index (χ2v) is 6.17. The molecule has 1 fully saturated rings. The van der Waals surface area contributed by atoms with E-state index in [1.54, 1.807) is 18.2 Å². The molecule has 1 aliphatic rings. The molecule has 126 valence electrons. The van der Waals surface area contributed by atoms with Gasteiger partial charge in [0.2, 0.25) is 0 Å². The zero-order valence-electron chi connectivity index (χ0n) is 13.9. The van der Waals surface area contributed by atoms with E-state index in [1.807, 2.05) is 24.9 Å². The smallest absolute Gasteiger partial charge is 0.335 e. The summed E-state index contributed by atoms with van der Waals surface area (Å²) < 4.78 is 5.33. The van der Waals surface area contributed by atoms with Gasteiger partial charge in [-0.2, -0.15) is 0 Å². The van der Waals surface area contributed by atoms with Gasteiger partial charge in [0.15, 0.2) is 0 Å². The van der Waals surface area contributed by atoms with E-state index < -0.39 is 11.5 Å². The number of carbonyl (C=O) groups excluding carboxylic acids is 1. The lowest BCUT2D eigenvalue weighted by Gasteiger charge is -2.42. The third kappa shape index (κ3) is 3.91. The summed E-state index contributed by atoms with van der Waals surface area (Å²) in [5, 5.41) is 9.11. The molecule has 0 aromatic heterocycles. The van der Waals surface area contributed by atoms with Gasteiger partial charge in [-0.3, -0.25) is 9.69 Å². The maximum absolute atomic E-state index is 12.6. The van der Waals surface area contributed by atoms with E-state index >= 15 is 0 Å². The minimum Gasteiger partial charge on any atom is -0.478 e. The number of carboxylic acid groups (broad SMARTS) is 1. The highest BCUT2D eigenvalue weighted by atomic mass is 16.5. The van der Waals surface area contributed by atoms with E-state index in [4.69, 9.17) is 9.84 Å². The Bertz CT molecular complexity index is 564. The Morgan fingerprint density at radius 2 is 1.96 bits per heavy atom.